The summed E-state index contributed by atoms with van der Waals surface area (Å²) in [5.74, 6) is 3.49. The van der Waals surface area contributed by atoms with Gasteiger partial charge in [-0.05, 0) is 74.0 Å². The second-order valence-corrected chi connectivity index (χ2v) is 12.3. The van der Waals surface area contributed by atoms with Crippen LogP contribution in [-0.4, -0.2) is 29.8 Å². The van der Waals surface area contributed by atoms with Gasteiger partial charge in [0.2, 0.25) is 11.8 Å². The summed E-state index contributed by atoms with van der Waals surface area (Å²) in [6.45, 7) is 6.21. The van der Waals surface area contributed by atoms with Crippen molar-refractivity contribution >= 4 is 11.8 Å². The number of hydrogen-bond acceptors (Lipinski definition) is 2. The van der Waals surface area contributed by atoms with Crippen molar-refractivity contribution < 1.29 is 9.59 Å². The Morgan fingerprint density at radius 1 is 0.676 bits per heavy atom. The normalized spacial score (nSPS) is 36.5. The highest BCUT2D eigenvalue weighted by Gasteiger charge is 2.62. The molecule has 4 fully saturated rings. The Balaban J connectivity index is 1.55. The van der Waals surface area contributed by atoms with Gasteiger partial charge in [0.05, 0.1) is 11.8 Å². The molecule has 8 unspecified atom stereocenters. The third kappa shape index (κ3) is 5.36. The molecule has 0 heterocycles. The van der Waals surface area contributed by atoms with Gasteiger partial charge in [0.25, 0.3) is 0 Å². The van der Waals surface area contributed by atoms with Crippen LogP contribution in [0.3, 0.4) is 0 Å². The molecule has 4 heteroatoms. The lowest BCUT2D eigenvalue weighted by atomic mass is 9.55. The number of amides is 2. The second kappa shape index (κ2) is 12.3. The average molecular weight is 473 g/mol. The van der Waals surface area contributed by atoms with Crippen molar-refractivity contribution in [3.63, 3.8) is 0 Å². The van der Waals surface area contributed by atoms with Crippen molar-refractivity contribution in [2.45, 2.75) is 117 Å². The van der Waals surface area contributed by atoms with Gasteiger partial charge in [0, 0.05) is 13.1 Å². The van der Waals surface area contributed by atoms with E-state index in [9.17, 15) is 9.59 Å². The van der Waals surface area contributed by atoms with Crippen LogP contribution in [0, 0.1) is 47.3 Å². The summed E-state index contributed by atoms with van der Waals surface area (Å²) in [6, 6.07) is 0. The quantitative estimate of drug-likeness (QED) is 0.327. The average Bonchev–Trinajstić information content (AvgIpc) is 3.03. The van der Waals surface area contributed by atoms with Gasteiger partial charge in [-0.25, -0.2) is 0 Å². The molecule has 4 saturated carbocycles. The standard InChI is InChI=1S/C30H52N2O2/c1-3-5-7-11-19-32(20-12-8-6-4-2)30(34)28-24-18-16-22-14-10-9-13-21-15-17-23(26(24)25(21)22)27(28)29(31)33/h21-28H,3-20H2,1-2H3,(H2,31,33). The lowest BCUT2D eigenvalue weighted by molar-refractivity contribution is -0.142. The first-order valence-electron chi connectivity index (χ1n) is 15.2. The zero-order valence-corrected chi connectivity index (χ0v) is 22.2. The first-order chi connectivity index (χ1) is 16.6. The smallest absolute Gasteiger partial charge is 0.226 e. The van der Waals surface area contributed by atoms with E-state index in [1.54, 1.807) is 0 Å². The number of rotatable bonds is 12. The number of carbonyl (C=O) groups excluding carboxylic acids is 2. The highest BCUT2D eigenvalue weighted by molar-refractivity contribution is 5.88. The number of unbranched alkanes of at least 4 members (excludes halogenated alkanes) is 6. The third-order valence-corrected chi connectivity index (χ3v) is 10.5. The SMILES string of the molecule is CCCCCCN(CCCCCC)C(=O)C1C2CCC3CCCCC4CCC(C1C(N)=O)C2C43. The van der Waals surface area contributed by atoms with Gasteiger partial charge >= 0.3 is 0 Å². The fourth-order valence-corrected chi connectivity index (χ4v) is 9.07. The maximum atomic E-state index is 14.3. The Labute approximate surface area is 209 Å². The molecule has 0 radical (unpaired) electrons. The molecule has 8 atom stereocenters. The molecule has 4 aliphatic carbocycles. The summed E-state index contributed by atoms with van der Waals surface area (Å²) in [4.78, 5) is 29.4. The van der Waals surface area contributed by atoms with Gasteiger partial charge in [-0.3, -0.25) is 9.59 Å². The maximum Gasteiger partial charge on any atom is 0.226 e. The molecule has 0 aromatic heterocycles. The summed E-state index contributed by atoms with van der Waals surface area (Å²) in [5.41, 5.74) is 6.13. The van der Waals surface area contributed by atoms with Crippen LogP contribution in [0.15, 0.2) is 0 Å². The van der Waals surface area contributed by atoms with Crippen LogP contribution in [0.1, 0.15) is 117 Å². The third-order valence-electron chi connectivity index (χ3n) is 10.5. The lowest BCUT2D eigenvalue weighted by Crippen LogP contribution is -2.45. The van der Waals surface area contributed by atoms with Gasteiger partial charge in [-0.2, -0.15) is 0 Å². The molecule has 4 rings (SSSR count). The zero-order valence-electron chi connectivity index (χ0n) is 22.2. The van der Waals surface area contributed by atoms with Crippen LogP contribution in [0.2, 0.25) is 0 Å². The van der Waals surface area contributed by atoms with Crippen LogP contribution in [0.5, 0.6) is 0 Å². The molecule has 0 aromatic rings. The van der Waals surface area contributed by atoms with Crippen LogP contribution in [-0.2, 0) is 9.59 Å². The van der Waals surface area contributed by atoms with Crippen molar-refractivity contribution in [3.05, 3.63) is 0 Å². The van der Waals surface area contributed by atoms with Gasteiger partial charge in [-0.1, -0.05) is 78.1 Å². The van der Waals surface area contributed by atoms with E-state index in [2.05, 4.69) is 18.7 Å². The molecule has 0 aromatic carbocycles. The highest BCUT2D eigenvalue weighted by Crippen LogP contribution is 2.64. The molecule has 34 heavy (non-hydrogen) atoms. The predicted molar refractivity (Wildman–Crippen MR) is 139 cm³/mol. The number of carbonyl (C=O) groups is 2. The van der Waals surface area contributed by atoms with Crippen LogP contribution in [0.25, 0.3) is 0 Å². The topological polar surface area (TPSA) is 63.4 Å². The molecule has 0 aliphatic heterocycles. The first-order valence-corrected chi connectivity index (χ1v) is 15.2. The van der Waals surface area contributed by atoms with Crippen molar-refractivity contribution in [3.8, 4) is 0 Å². The Bertz CT molecular complexity index is 659. The van der Waals surface area contributed by atoms with E-state index in [1.165, 1.54) is 77.0 Å². The fraction of sp³-hybridized carbons (Fsp3) is 0.933. The van der Waals surface area contributed by atoms with Crippen molar-refractivity contribution in [2.75, 3.05) is 13.1 Å². The minimum Gasteiger partial charge on any atom is -0.369 e. The van der Waals surface area contributed by atoms with Crippen molar-refractivity contribution in [2.24, 2.45) is 53.1 Å². The number of nitrogens with two attached hydrogens (primary N) is 1. The summed E-state index contributed by atoms with van der Waals surface area (Å²) >= 11 is 0. The van der Waals surface area contributed by atoms with Gasteiger partial charge in [0.1, 0.15) is 0 Å². The number of nitrogens with zero attached hydrogens (tertiary/aromatic N) is 1. The molecule has 2 N–H and O–H groups in total. The molecule has 2 amide bonds. The van der Waals surface area contributed by atoms with Crippen LogP contribution in [0.4, 0.5) is 0 Å². The van der Waals surface area contributed by atoms with Gasteiger partial charge in [-0.15, -0.1) is 0 Å². The van der Waals surface area contributed by atoms with E-state index in [-0.39, 0.29) is 17.7 Å². The molecule has 194 valence electrons. The maximum absolute atomic E-state index is 14.3. The molecule has 0 spiro atoms. The molecular formula is C30H52N2O2. The number of primary amides is 1. The summed E-state index contributed by atoms with van der Waals surface area (Å²) in [7, 11) is 0. The van der Waals surface area contributed by atoms with Gasteiger partial charge < -0.3 is 10.6 Å². The highest BCUT2D eigenvalue weighted by atomic mass is 16.2. The van der Waals surface area contributed by atoms with Crippen molar-refractivity contribution in [1.29, 1.82) is 0 Å². The Morgan fingerprint density at radius 2 is 1.21 bits per heavy atom. The van der Waals surface area contributed by atoms with E-state index in [0.29, 0.717) is 23.7 Å². The monoisotopic (exact) mass is 472 g/mol. The fourth-order valence-electron chi connectivity index (χ4n) is 9.07. The zero-order chi connectivity index (χ0) is 24.1. The summed E-state index contributed by atoms with van der Waals surface area (Å²) in [6.07, 6.45) is 19.8. The van der Waals surface area contributed by atoms with Crippen LogP contribution < -0.4 is 5.73 Å². The number of hydrogen-bond donors (Lipinski definition) is 1. The molecule has 4 nitrogen and oxygen atoms in total. The predicted octanol–water partition coefficient (Wildman–Crippen LogP) is 6.57. The van der Waals surface area contributed by atoms with Crippen molar-refractivity contribution in [1.82, 2.24) is 4.90 Å². The Hall–Kier alpha value is -1.06. The van der Waals surface area contributed by atoms with E-state index < -0.39 is 0 Å². The molecule has 4 aliphatic rings. The minimum atomic E-state index is -0.223. The molecule has 0 bridgehead atoms. The Kier molecular flexibility index (Phi) is 9.38. The molecule has 0 saturated heterocycles. The second-order valence-electron chi connectivity index (χ2n) is 12.3. The largest absolute Gasteiger partial charge is 0.369 e. The van der Waals surface area contributed by atoms with Crippen LogP contribution >= 0.6 is 0 Å². The molecular weight excluding hydrogens is 420 g/mol. The van der Waals surface area contributed by atoms with E-state index in [1.807, 2.05) is 0 Å². The van der Waals surface area contributed by atoms with E-state index in [4.69, 9.17) is 5.73 Å². The lowest BCUT2D eigenvalue weighted by Gasteiger charge is -2.49. The van der Waals surface area contributed by atoms with E-state index >= 15 is 0 Å². The minimum absolute atomic E-state index is 0.146. The first kappa shape index (κ1) is 26.0. The summed E-state index contributed by atoms with van der Waals surface area (Å²) < 4.78 is 0. The van der Waals surface area contributed by atoms with E-state index in [0.717, 1.165) is 56.5 Å². The summed E-state index contributed by atoms with van der Waals surface area (Å²) in [5, 5.41) is 0. The Morgan fingerprint density at radius 3 is 1.71 bits per heavy atom. The van der Waals surface area contributed by atoms with Gasteiger partial charge in [0.15, 0.2) is 0 Å².